The van der Waals surface area contributed by atoms with Gasteiger partial charge in [-0.15, -0.1) is 11.3 Å². The summed E-state index contributed by atoms with van der Waals surface area (Å²) in [5.74, 6) is 0. The van der Waals surface area contributed by atoms with E-state index in [0.29, 0.717) is 10.0 Å². The largest absolute Gasteiger partial charge is 0.241 e. The van der Waals surface area contributed by atoms with E-state index in [1.54, 1.807) is 17.4 Å². The van der Waals surface area contributed by atoms with E-state index in [-0.39, 0.29) is 0 Å². The van der Waals surface area contributed by atoms with Gasteiger partial charge in [-0.25, -0.2) is 4.98 Å². The van der Waals surface area contributed by atoms with Crippen molar-refractivity contribution in [3.05, 3.63) is 38.8 Å². The Morgan fingerprint density at radius 2 is 1.93 bits per heavy atom. The maximum Gasteiger partial charge on any atom is 0.125 e. The van der Waals surface area contributed by atoms with E-state index >= 15 is 0 Å². The molecule has 0 aliphatic rings. The van der Waals surface area contributed by atoms with Crippen molar-refractivity contribution < 1.29 is 0 Å². The lowest BCUT2D eigenvalue weighted by Gasteiger charge is -1.99. The molecule has 15 heavy (non-hydrogen) atoms. The van der Waals surface area contributed by atoms with Crippen LogP contribution in [0.2, 0.25) is 10.0 Å². The highest BCUT2D eigenvalue weighted by molar-refractivity contribution is 7.15. The lowest BCUT2D eigenvalue weighted by molar-refractivity contribution is 1.23. The second-order valence-corrected chi connectivity index (χ2v) is 5.33. The molecule has 0 atom stereocenters. The molecule has 0 amide bonds. The van der Waals surface area contributed by atoms with Crippen LogP contribution in [0.1, 0.15) is 10.6 Å². The van der Waals surface area contributed by atoms with Crippen LogP contribution in [0.4, 0.5) is 0 Å². The first kappa shape index (κ1) is 10.9. The van der Waals surface area contributed by atoms with Gasteiger partial charge in [-0.1, -0.05) is 23.2 Å². The zero-order valence-corrected chi connectivity index (χ0v) is 10.7. The van der Waals surface area contributed by atoms with Crippen molar-refractivity contribution in [1.29, 1.82) is 0 Å². The molecule has 0 N–H and O–H groups in total. The van der Waals surface area contributed by atoms with Crippen LogP contribution in [0.25, 0.3) is 10.6 Å². The Morgan fingerprint density at radius 3 is 2.47 bits per heavy atom. The maximum atomic E-state index is 6.11. The highest BCUT2D eigenvalue weighted by Gasteiger charge is 2.09. The van der Waals surface area contributed by atoms with Crippen LogP contribution in [0.15, 0.2) is 18.2 Å². The molecule has 2 rings (SSSR count). The molecule has 4 heteroatoms. The van der Waals surface area contributed by atoms with Crippen LogP contribution in [-0.2, 0) is 0 Å². The molecule has 1 nitrogen and oxygen atoms in total. The zero-order valence-electron chi connectivity index (χ0n) is 8.34. The number of benzene rings is 1. The van der Waals surface area contributed by atoms with E-state index in [4.69, 9.17) is 23.2 Å². The first-order valence-corrected chi connectivity index (χ1v) is 6.04. The summed E-state index contributed by atoms with van der Waals surface area (Å²) in [6.45, 7) is 4.06. The van der Waals surface area contributed by atoms with Gasteiger partial charge in [0.2, 0.25) is 0 Å². The van der Waals surface area contributed by atoms with Crippen LogP contribution in [-0.4, -0.2) is 4.98 Å². The summed E-state index contributed by atoms with van der Waals surface area (Å²) in [6.07, 6.45) is 0. The van der Waals surface area contributed by atoms with Gasteiger partial charge in [-0.3, -0.25) is 0 Å². The number of hydrogen-bond donors (Lipinski definition) is 0. The number of aromatic nitrogens is 1. The van der Waals surface area contributed by atoms with E-state index in [0.717, 1.165) is 16.3 Å². The van der Waals surface area contributed by atoms with Gasteiger partial charge in [-0.05, 0) is 32.0 Å². The Hall–Kier alpha value is -0.570. The lowest BCUT2D eigenvalue weighted by Crippen LogP contribution is -1.79. The summed E-state index contributed by atoms with van der Waals surface area (Å²) in [5, 5.41) is 2.25. The van der Waals surface area contributed by atoms with E-state index < -0.39 is 0 Å². The molecule has 0 unspecified atom stereocenters. The Bertz CT molecular complexity index is 486. The quantitative estimate of drug-likeness (QED) is 0.720. The molecule has 0 fully saturated rings. The fourth-order valence-corrected chi connectivity index (χ4v) is 2.76. The van der Waals surface area contributed by atoms with E-state index in [2.05, 4.69) is 11.9 Å². The third kappa shape index (κ3) is 2.17. The van der Waals surface area contributed by atoms with Crippen molar-refractivity contribution in [1.82, 2.24) is 4.98 Å². The zero-order chi connectivity index (χ0) is 11.0. The minimum atomic E-state index is 0.647. The average molecular weight is 258 g/mol. The van der Waals surface area contributed by atoms with E-state index in [1.807, 2.05) is 19.1 Å². The van der Waals surface area contributed by atoms with Gasteiger partial charge in [0.1, 0.15) is 5.01 Å². The molecular formula is C11H9Cl2NS. The minimum absolute atomic E-state index is 0.647. The van der Waals surface area contributed by atoms with E-state index in [9.17, 15) is 0 Å². The fraction of sp³-hybridized carbons (Fsp3) is 0.182. The molecule has 1 aromatic heterocycles. The number of aryl methyl sites for hydroxylation is 2. The summed E-state index contributed by atoms with van der Waals surface area (Å²) < 4.78 is 0. The fourth-order valence-electron chi connectivity index (χ4n) is 1.25. The van der Waals surface area contributed by atoms with Crippen LogP contribution in [0, 0.1) is 13.8 Å². The van der Waals surface area contributed by atoms with Gasteiger partial charge < -0.3 is 0 Å². The molecule has 1 aromatic carbocycles. The molecule has 0 aliphatic heterocycles. The van der Waals surface area contributed by atoms with Gasteiger partial charge in [-0.2, -0.15) is 0 Å². The third-order valence-electron chi connectivity index (χ3n) is 2.19. The van der Waals surface area contributed by atoms with Crippen molar-refractivity contribution in [3.63, 3.8) is 0 Å². The summed E-state index contributed by atoms with van der Waals surface area (Å²) in [5.41, 5.74) is 2.00. The summed E-state index contributed by atoms with van der Waals surface area (Å²) in [7, 11) is 0. The van der Waals surface area contributed by atoms with Crippen LogP contribution in [0.5, 0.6) is 0 Å². The van der Waals surface area contributed by atoms with Crippen molar-refractivity contribution in [3.8, 4) is 10.6 Å². The molecule has 78 valence electrons. The standard InChI is InChI=1S/C11H9Cl2NS/c1-6-7(2)15-11(14-6)9-4-3-8(12)5-10(9)13/h3-5H,1-2H3. The number of nitrogens with zero attached hydrogens (tertiary/aromatic N) is 1. The van der Waals surface area contributed by atoms with Gasteiger partial charge in [0.15, 0.2) is 0 Å². The van der Waals surface area contributed by atoms with Crippen molar-refractivity contribution in [2.45, 2.75) is 13.8 Å². The molecule has 0 saturated carbocycles. The van der Waals surface area contributed by atoms with Crippen molar-refractivity contribution in [2.24, 2.45) is 0 Å². The van der Waals surface area contributed by atoms with Gasteiger partial charge >= 0.3 is 0 Å². The van der Waals surface area contributed by atoms with Crippen LogP contribution >= 0.6 is 34.5 Å². The summed E-state index contributed by atoms with van der Waals surface area (Å²) >= 11 is 13.6. The lowest BCUT2D eigenvalue weighted by atomic mass is 10.2. The first-order valence-electron chi connectivity index (χ1n) is 4.47. The predicted molar refractivity (Wildman–Crippen MR) is 67.0 cm³/mol. The Morgan fingerprint density at radius 1 is 1.20 bits per heavy atom. The van der Waals surface area contributed by atoms with Crippen molar-refractivity contribution in [2.75, 3.05) is 0 Å². The number of rotatable bonds is 1. The molecule has 0 spiro atoms. The molecular weight excluding hydrogens is 249 g/mol. The average Bonchev–Trinajstić information content (AvgIpc) is 2.46. The molecule has 0 aliphatic carbocycles. The second-order valence-electron chi connectivity index (χ2n) is 3.28. The van der Waals surface area contributed by atoms with Crippen LogP contribution < -0.4 is 0 Å². The molecule has 1 heterocycles. The molecule has 0 saturated heterocycles. The monoisotopic (exact) mass is 257 g/mol. The SMILES string of the molecule is Cc1nc(-c2ccc(Cl)cc2Cl)sc1C. The number of hydrogen-bond acceptors (Lipinski definition) is 2. The Balaban J connectivity index is 2.54. The molecule has 2 aromatic rings. The number of thiazole rings is 1. The molecule has 0 radical (unpaired) electrons. The predicted octanol–water partition coefficient (Wildman–Crippen LogP) is 4.73. The van der Waals surface area contributed by atoms with Gasteiger partial charge in [0.25, 0.3) is 0 Å². The minimum Gasteiger partial charge on any atom is -0.241 e. The maximum absolute atomic E-state index is 6.11. The Labute approximate surface area is 103 Å². The van der Waals surface area contributed by atoms with Gasteiger partial charge in [0.05, 0.1) is 10.7 Å². The number of halogens is 2. The third-order valence-corrected chi connectivity index (χ3v) is 3.84. The normalized spacial score (nSPS) is 10.7. The summed E-state index contributed by atoms with van der Waals surface area (Å²) in [4.78, 5) is 5.68. The van der Waals surface area contributed by atoms with Crippen LogP contribution in [0.3, 0.4) is 0 Å². The highest BCUT2D eigenvalue weighted by atomic mass is 35.5. The highest BCUT2D eigenvalue weighted by Crippen LogP contribution is 2.33. The Kier molecular flexibility index (Phi) is 3.01. The topological polar surface area (TPSA) is 12.9 Å². The van der Waals surface area contributed by atoms with E-state index in [1.165, 1.54) is 4.88 Å². The molecule has 0 bridgehead atoms. The first-order chi connectivity index (χ1) is 7.08. The van der Waals surface area contributed by atoms with Gasteiger partial charge in [0, 0.05) is 15.5 Å². The summed E-state index contributed by atoms with van der Waals surface area (Å²) in [6, 6.07) is 5.47. The smallest absolute Gasteiger partial charge is 0.125 e. The van der Waals surface area contributed by atoms with Crippen molar-refractivity contribution >= 4 is 34.5 Å². The second kappa shape index (κ2) is 4.12.